The number of carbonyl (C=O) groups excluding carboxylic acids is 1. The van der Waals surface area contributed by atoms with Gasteiger partial charge in [-0.1, -0.05) is 35.5 Å². The first-order valence-corrected chi connectivity index (χ1v) is 11.6. The third-order valence-corrected chi connectivity index (χ3v) is 6.16. The van der Waals surface area contributed by atoms with Crippen LogP contribution in [0.5, 0.6) is 5.75 Å². The lowest BCUT2D eigenvalue weighted by molar-refractivity contribution is -0.113. The van der Waals surface area contributed by atoms with Crippen molar-refractivity contribution in [2.75, 3.05) is 17.7 Å². The lowest BCUT2D eigenvalue weighted by atomic mass is 10.2. The Morgan fingerprint density at radius 2 is 2.03 bits per heavy atom. The molecule has 2 aromatic carbocycles. The summed E-state index contributed by atoms with van der Waals surface area (Å²) in [7, 11) is 0. The van der Waals surface area contributed by atoms with Gasteiger partial charge in [0.15, 0.2) is 11.0 Å². The largest absolute Gasteiger partial charge is 0.433 e. The topological polar surface area (TPSA) is 78.3 Å². The Hall–Kier alpha value is -2.69. The highest BCUT2D eigenvalue weighted by atomic mass is 35.5. The van der Waals surface area contributed by atoms with Gasteiger partial charge in [0.1, 0.15) is 5.75 Å². The van der Waals surface area contributed by atoms with Crippen molar-refractivity contribution in [3.63, 3.8) is 0 Å². The molecular weight excluding hydrogens is 474 g/mol. The van der Waals surface area contributed by atoms with E-state index in [1.54, 1.807) is 24.3 Å². The maximum absolute atomic E-state index is 12.6. The maximum atomic E-state index is 12.6. The molecule has 4 rings (SSSR count). The average Bonchev–Trinajstić information content (AvgIpc) is 3.44. The van der Waals surface area contributed by atoms with Gasteiger partial charge in [-0.15, -0.1) is 10.2 Å². The van der Waals surface area contributed by atoms with Gasteiger partial charge in [0.2, 0.25) is 5.91 Å². The molecular formula is C22H21ClF2N4O3S. The molecule has 1 amide bonds. The number of halogens is 3. The summed E-state index contributed by atoms with van der Waals surface area (Å²) in [5.41, 5.74) is 1.02. The molecule has 174 valence electrons. The van der Waals surface area contributed by atoms with Crippen molar-refractivity contribution in [1.29, 1.82) is 0 Å². The van der Waals surface area contributed by atoms with Crippen molar-refractivity contribution in [3.05, 3.63) is 53.6 Å². The molecule has 33 heavy (non-hydrogen) atoms. The number of aromatic nitrogens is 3. The monoisotopic (exact) mass is 494 g/mol. The maximum Gasteiger partial charge on any atom is 0.387 e. The van der Waals surface area contributed by atoms with Gasteiger partial charge in [-0.3, -0.25) is 9.36 Å². The fraction of sp³-hybridized carbons (Fsp3) is 0.318. The van der Waals surface area contributed by atoms with E-state index in [1.165, 1.54) is 23.9 Å². The molecule has 1 atom stereocenters. The van der Waals surface area contributed by atoms with E-state index in [1.807, 2.05) is 16.7 Å². The van der Waals surface area contributed by atoms with Crippen LogP contribution in [0, 0.1) is 0 Å². The van der Waals surface area contributed by atoms with Gasteiger partial charge in [-0.25, -0.2) is 0 Å². The number of alkyl halides is 2. The van der Waals surface area contributed by atoms with Gasteiger partial charge in [0, 0.05) is 17.2 Å². The Morgan fingerprint density at radius 1 is 1.24 bits per heavy atom. The number of anilines is 1. The number of thioether (sulfide) groups is 1. The van der Waals surface area contributed by atoms with Gasteiger partial charge in [-0.2, -0.15) is 8.78 Å². The third kappa shape index (κ3) is 6.21. The molecule has 1 saturated heterocycles. The van der Waals surface area contributed by atoms with E-state index in [0.717, 1.165) is 18.4 Å². The number of carbonyl (C=O) groups is 1. The average molecular weight is 495 g/mol. The minimum Gasteiger partial charge on any atom is -0.433 e. The molecule has 11 heteroatoms. The molecule has 2 heterocycles. The Bertz CT molecular complexity index is 1090. The highest BCUT2D eigenvalue weighted by Crippen LogP contribution is 2.29. The van der Waals surface area contributed by atoms with Crippen molar-refractivity contribution >= 4 is 35.0 Å². The summed E-state index contributed by atoms with van der Waals surface area (Å²) in [6, 6.07) is 13.3. The number of benzene rings is 2. The number of hydrogen-bond acceptors (Lipinski definition) is 6. The van der Waals surface area contributed by atoms with Crippen LogP contribution in [0.4, 0.5) is 14.5 Å². The summed E-state index contributed by atoms with van der Waals surface area (Å²) in [4.78, 5) is 12.5. The minimum atomic E-state index is -2.99. The van der Waals surface area contributed by atoms with E-state index in [0.29, 0.717) is 29.2 Å². The predicted molar refractivity (Wildman–Crippen MR) is 122 cm³/mol. The van der Waals surface area contributed by atoms with Crippen molar-refractivity contribution in [2.24, 2.45) is 0 Å². The number of amides is 1. The zero-order valence-corrected chi connectivity index (χ0v) is 19.0. The van der Waals surface area contributed by atoms with E-state index < -0.39 is 6.61 Å². The smallest absolute Gasteiger partial charge is 0.387 e. The standard InChI is InChI=1S/C22H21ClF2N4O3S/c23-15-9-7-14(8-10-15)20-27-28-22(29(20)12-16-4-3-11-31-16)33-13-19(30)26-17-5-1-2-6-18(17)32-21(24)25/h1-2,5-10,16,21H,3-4,11-13H2,(H,26,30)/t16-/m1/s1. The molecule has 0 bridgehead atoms. The zero-order chi connectivity index (χ0) is 23.2. The van der Waals surface area contributed by atoms with Crippen LogP contribution in [0.1, 0.15) is 12.8 Å². The van der Waals surface area contributed by atoms with Gasteiger partial charge in [0.25, 0.3) is 0 Å². The summed E-state index contributed by atoms with van der Waals surface area (Å²) in [6.45, 7) is -1.71. The second-order valence-corrected chi connectivity index (χ2v) is 8.65. The summed E-state index contributed by atoms with van der Waals surface area (Å²) in [6.07, 6.45) is 1.97. The number of rotatable bonds is 9. The number of nitrogens with zero attached hydrogens (tertiary/aromatic N) is 3. The Labute approximate surface area is 198 Å². The molecule has 0 radical (unpaired) electrons. The lowest BCUT2D eigenvalue weighted by Crippen LogP contribution is -2.18. The number of para-hydroxylation sites is 2. The molecule has 1 fully saturated rings. The Kier molecular flexibility index (Phi) is 7.79. The summed E-state index contributed by atoms with van der Waals surface area (Å²) in [5, 5.41) is 12.4. The van der Waals surface area contributed by atoms with Crippen LogP contribution in [-0.4, -0.2) is 45.7 Å². The number of nitrogens with one attached hydrogen (secondary N) is 1. The molecule has 3 aromatic rings. The minimum absolute atomic E-state index is 0.00723. The van der Waals surface area contributed by atoms with Crippen molar-refractivity contribution in [3.8, 4) is 17.1 Å². The van der Waals surface area contributed by atoms with E-state index in [4.69, 9.17) is 16.3 Å². The summed E-state index contributed by atoms with van der Waals surface area (Å²) < 4.78 is 37.4. The van der Waals surface area contributed by atoms with Crippen LogP contribution >= 0.6 is 23.4 Å². The molecule has 1 N–H and O–H groups in total. The van der Waals surface area contributed by atoms with E-state index in [-0.39, 0.29) is 29.2 Å². The molecule has 0 spiro atoms. The first kappa shape index (κ1) is 23.5. The summed E-state index contributed by atoms with van der Waals surface area (Å²) in [5.74, 6) is 0.177. The zero-order valence-electron chi connectivity index (χ0n) is 17.4. The third-order valence-electron chi connectivity index (χ3n) is 4.94. The van der Waals surface area contributed by atoms with E-state index in [9.17, 15) is 13.6 Å². The van der Waals surface area contributed by atoms with Crippen molar-refractivity contribution in [1.82, 2.24) is 14.8 Å². The van der Waals surface area contributed by atoms with E-state index in [2.05, 4.69) is 20.3 Å². The first-order valence-electron chi connectivity index (χ1n) is 10.3. The fourth-order valence-corrected chi connectivity index (χ4v) is 4.32. The van der Waals surface area contributed by atoms with Crippen LogP contribution in [0.3, 0.4) is 0 Å². The highest BCUT2D eigenvalue weighted by Gasteiger charge is 2.22. The van der Waals surface area contributed by atoms with Crippen LogP contribution in [0.15, 0.2) is 53.7 Å². The van der Waals surface area contributed by atoms with Crippen molar-refractivity contribution in [2.45, 2.75) is 37.3 Å². The number of hydrogen-bond donors (Lipinski definition) is 1. The fourth-order valence-electron chi connectivity index (χ4n) is 3.45. The Morgan fingerprint density at radius 3 is 2.76 bits per heavy atom. The van der Waals surface area contributed by atoms with Gasteiger partial charge < -0.3 is 14.8 Å². The molecule has 1 aliphatic rings. The molecule has 1 aliphatic heterocycles. The predicted octanol–water partition coefficient (Wildman–Crippen LogP) is 5.11. The molecule has 0 unspecified atom stereocenters. The normalized spacial score (nSPS) is 15.7. The molecule has 0 saturated carbocycles. The molecule has 0 aliphatic carbocycles. The van der Waals surface area contributed by atoms with Gasteiger partial charge >= 0.3 is 6.61 Å². The van der Waals surface area contributed by atoms with Crippen LogP contribution < -0.4 is 10.1 Å². The Balaban J connectivity index is 1.48. The van der Waals surface area contributed by atoms with Crippen LogP contribution in [0.2, 0.25) is 5.02 Å². The first-order chi connectivity index (χ1) is 16.0. The second-order valence-electron chi connectivity index (χ2n) is 7.27. The van der Waals surface area contributed by atoms with Crippen LogP contribution in [0.25, 0.3) is 11.4 Å². The van der Waals surface area contributed by atoms with Crippen LogP contribution in [-0.2, 0) is 16.1 Å². The SMILES string of the molecule is O=C(CSc1nnc(-c2ccc(Cl)cc2)n1C[C@H]1CCCO1)Nc1ccccc1OC(F)F. The van der Waals surface area contributed by atoms with E-state index >= 15 is 0 Å². The van der Waals surface area contributed by atoms with Gasteiger partial charge in [0.05, 0.1) is 24.1 Å². The van der Waals surface area contributed by atoms with Crippen molar-refractivity contribution < 1.29 is 23.0 Å². The quantitative estimate of drug-likeness (QED) is 0.416. The molecule has 1 aromatic heterocycles. The molecule has 7 nitrogen and oxygen atoms in total. The van der Waals surface area contributed by atoms with Gasteiger partial charge in [-0.05, 0) is 49.2 Å². The number of ether oxygens (including phenoxy) is 2. The lowest BCUT2D eigenvalue weighted by Gasteiger charge is -2.15. The second kappa shape index (κ2) is 11.0. The highest BCUT2D eigenvalue weighted by molar-refractivity contribution is 7.99. The summed E-state index contributed by atoms with van der Waals surface area (Å²) >= 11 is 7.21.